The number of benzene rings is 3. The second kappa shape index (κ2) is 9.73. The molecule has 0 radical (unpaired) electrons. The van der Waals surface area contributed by atoms with Crippen LogP contribution in [0.5, 0.6) is 11.5 Å². The number of amides is 1. The van der Waals surface area contributed by atoms with Crippen LogP contribution in [0.1, 0.15) is 27.6 Å². The number of ether oxygens (including phenoxy) is 1. The van der Waals surface area contributed by atoms with E-state index in [4.69, 9.17) is 4.74 Å². The number of anilines is 1. The van der Waals surface area contributed by atoms with Gasteiger partial charge in [-0.3, -0.25) is 4.79 Å². The summed E-state index contributed by atoms with van der Waals surface area (Å²) < 4.78 is 19.9. The van der Waals surface area contributed by atoms with Crippen molar-refractivity contribution in [3.05, 3.63) is 87.6 Å². The van der Waals surface area contributed by atoms with E-state index in [0.29, 0.717) is 28.3 Å². The Morgan fingerprint density at radius 2 is 1.83 bits per heavy atom. The second-order valence-corrected chi connectivity index (χ2v) is 7.66. The predicted molar refractivity (Wildman–Crippen MR) is 119 cm³/mol. The highest BCUT2D eigenvalue weighted by molar-refractivity contribution is 9.10. The number of carbonyl (C=O) groups excluding carboxylic acids is 1. The van der Waals surface area contributed by atoms with Crippen molar-refractivity contribution in [1.29, 1.82) is 0 Å². The number of carbonyl (C=O) groups is 1. The minimum atomic E-state index is -0.858. The summed E-state index contributed by atoms with van der Waals surface area (Å²) in [6.45, 7) is 2.07. The van der Waals surface area contributed by atoms with Crippen LogP contribution in [0.15, 0.2) is 65.1 Å². The number of aliphatic hydroxyl groups excluding tert-OH is 1. The number of hydrogen-bond acceptors (Lipinski definition) is 4. The van der Waals surface area contributed by atoms with E-state index in [0.717, 1.165) is 10.0 Å². The summed E-state index contributed by atoms with van der Waals surface area (Å²) in [6, 6.07) is 16.5. The summed E-state index contributed by atoms with van der Waals surface area (Å²) in [5, 5.41) is 16.4. The number of rotatable bonds is 7. The molecule has 156 valence electrons. The maximum absolute atomic E-state index is 13.0. The van der Waals surface area contributed by atoms with E-state index in [1.165, 1.54) is 12.1 Å². The molecule has 0 aliphatic carbocycles. The summed E-state index contributed by atoms with van der Waals surface area (Å²) in [5.74, 6) is 0.590. The van der Waals surface area contributed by atoms with Gasteiger partial charge in [-0.2, -0.15) is 0 Å². The fourth-order valence-corrected chi connectivity index (χ4v) is 3.27. The zero-order valence-corrected chi connectivity index (χ0v) is 18.2. The monoisotopic (exact) mass is 472 g/mol. The predicted octanol–water partition coefficient (Wildman–Crippen LogP) is 5.19. The molecule has 3 aromatic rings. The van der Waals surface area contributed by atoms with E-state index in [1.54, 1.807) is 49.5 Å². The van der Waals surface area contributed by atoms with E-state index < -0.39 is 6.10 Å². The van der Waals surface area contributed by atoms with Crippen LogP contribution in [0.25, 0.3) is 0 Å². The van der Waals surface area contributed by atoms with Gasteiger partial charge in [0, 0.05) is 34.9 Å². The van der Waals surface area contributed by atoms with E-state index >= 15 is 0 Å². The SMILES string of the molecule is CNC(=O)c1ccc(Oc2cc(Br)ccc2C(O)CNc2ccc(F)cc2)c(C)c1. The Labute approximate surface area is 183 Å². The molecule has 0 bridgehead atoms. The van der Waals surface area contributed by atoms with E-state index in [2.05, 4.69) is 26.6 Å². The van der Waals surface area contributed by atoms with Gasteiger partial charge in [-0.05, 0) is 67.1 Å². The molecule has 3 N–H and O–H groups in total. The van der Waals surface area contributed by atoms with Crippen molar-refractivity contribution < 1.29 is 19.0 Å². The van der Waals surface area contributed by atoms with Gasteiger partial charge >= 0.3 is 0 Å². The van der Waals surface area contributed by atoms with Gasteiger partial charge < -0.3 is 20.5 Å². The third kappa shape index (κ3) is 5.37. The van der Waals surface area contributed by atoms with E-state index in [-0.39, 0.29) is 18.3 Å². The van der Waals surface area contributed by atoms with Crippen LogP contribution < -0.4 is 15.4 Å². The number of aliphatic hydroxyl groups is 1. The van der Waals surface area contributed by atoms with Gasteiger partial charge in [-0.25, -0.2) is 4.39 Å². The van der Waals surface area contributed by atoms with Crippen LogP contribution in [-0.2, 0) is 0 Å². The highest BCUT2D eigenvalue weighted by Gasteiger charge is 2.16. The molecular formula is C23H22BrFN2O3. The molecule has 1 atom stereocenters. The van der Waals surface area contributed by atoms with E-state index in [1.807, 2.05) is 13.0 Å². The Morgan fingerprint density at radius 1 is 1.10 bits per heavy atom. The third-order valence-electron chi connectivity index (χ3n) is 4.56. The molecule has 0 saturated carbocycles. The van der Waals surface area contributed by atoms with Crippen molar-refractivity contribution in [1.82, 2.24) is 5.32 Å². The van der Waals surface area contributed by atoms with Crippen LogP contribution in [0, 0.1) is 12.7 Å². The second-order valence-electron chi connectivity index (χ2n) is 6.75. The molecule has 3 rings (SSSR count). The van der Waals surface area contributed by atoms with Crippen molar-refractivity contribution in [3.63, 3.8) is 0 Å². The molecule has 7 heteroatoms. The minimum absolute atomic E-state index is 0.171. The van der Waals surface area contributed by atoms with Crippen molar-refractivity contribution in [2.24, 2.45) is 0 Å². The van der Waals surface area contributed by atoms with Gasteiger partial charge in [0.25, 0.3) is 5.91 Å². The average Bonchev–Trinajstić information content (AvgIpc) is 2.74. The first kappa shape index (κ1) is 21.8. The lowest BCUT2D eigenvalue weighted by Gasteiger charge is -2.18. The van der Waals surface area contributed by atoms with Crippen LogP contribution >= 0.6 is 15.9 Å². The van der Waals surface area contributed by atoms with Gasteiger partial charge in [0.2, 0.25) is 0 Å². The van der Waals surface area contributed by atoms with E-state index in [9.17, 15) is 14.3 Å². The highest BCUT2D eigenvalue weighted by Crippen LogP contribution is 2.34. The van der Waals surface area contributed by atoms with Gasteiger partial charge in [0.15, 0.2) is 0 Å². The number of nitrogens with one attached hydrogen (secondary N) is 2. The largest absolute Gasteiger partial charge is 0.457 e. The molecule has 1 amide bonds. The Morgan fingerprint density at radius 3 is 2.50 bits per heavy atom. The van der Waals surface area contributed by atoms with Crippen LogP contribution in [0.4, 0.5) is 10.1 Å². The van der Waals surface area contributed by atoms with Crippen LogP contribution in [0.2, 0.25) is 0 Å². The summed E-state index contributed by atoms with van der Waals surface area (Å²) in [4.78, 5) is 11.8. The first-order valence-electron chi connectivity index (χ1n) is 9.35. The maximum Gasteiger partial charge on any atom is 0.251 e. The van der Waals surface area contributed by atoms with Crippen molar-refractivity contribution in [3.8, 4) is 11.5 Å². The zero-order valence-electron chi connectivity index (χ0n) is 16.6. The summed E-state index contributed by atoms with van der Waals surface area (Å²) >= 11 is 3.43. The molecule has 0 aliphatic heterocycles. The van der Waals surface area contributed by atoms with Gasteiger partial charge in [-0.15, -0.1) is 0 Å². The number of halogens is 2. The summed E-state index contributed by atoms with van der Waals surface area (Å²) in [5.41, 5.74) is 2.64. The molecular weight excluding hydrogens is 451 g/mol. The molecule has 0 aliphatic rings. The van der Waals surface area contributed by atoms with Crippen molar-refractivity contribution in [2.75, 3.05) is 18.9 Å². The molecule has 3 aromatic carbocycles. The first-order valence-corrected chi connectivity index (χ1v) is 10.1. The zero-order chi connectivity index (χ0) is 21.7. The van der Waals surface area contributed by atoms with Crippen LogP contribution in [-0.4, -0.2) is 24.6 Å². The maximum atomic E-state index is 13.0. The van der Waals surface area contributed by atoms with Crippen molar-refractivity contribution in [2.45, 2.75) is 13.0 Å². The normalized spacial score (nSPS) is 11.6. The lowest BCUT2D eigenvalue weighted by atomic mass is 10.1. The molecule has 5 nitrogen and oxygen atoms in total. The quantitative estimate of drug-likeness (QED) is 0.442. The lowest BCUT2D eigenvalue weighted by Crippen LogP contribution is -2.17. The Hall–Kier alpha value is -2.90. The number of hydrogen-bond donors (Lipinski definition) is 3. The van der Waals surface area contributed by atoms with Gasteiger partial charge in [0.05, 0.1) is 6.10 Å². The molecule has 0 aromatic heterocycles. The lowest BCUT2D eigenvalue weighted by molar-refractivity contribution is 0.0963. The molecule has 0 heterocycles. The molecule has 0 fully saturated rings. The Kier molecular flexibility index (Phi) is 7.07. The molecule has 0 spiro atoms. The minimum Gasteiger partial charge on any atom is -0.457 e. The average molecular weight is 473 g/mol. The summed E-state index contributed by atoms with van der Waals surface area (Å²) in [7, 11) is 1.58. The fraction of sp³-hybridized carbons (Fsp3) is 0.174. The van der Waals surface area contributed by atoms with Crippen LogP contribution in [0.3, 0.4) is 0 Å². The Bertz CT molecular complexity index is 1040. The molecule has 1 unspecified atom stereocenters. The van der Waals surface area contributed by atoms with Gasteiger partial charge in [0.1, 0.15) is 17.3 Å². The van der Waals surface area contributed by atoms with Crippen molar-refractivity contribution >= 4 is 27.5 Å². The first-order chi connectivity index (χ1) is 14.4. The Balaban J connectivity index is 1.79. The fourth-order valence-electron chi connectivity index (χ4n) is 2.93. The topological polar surface area (TPSA) is 70.6 Å². The molecule has 30 heavy (non-hydrogen) atoms. The summed E-state index contributed by atoms with van der Waals surface area (Å²) in [6.07, 6.45) is -0.858. The smallest absolute Gasteiger partial charge is 0.251 e. The number of aryl methyl sites for hydroxylation is 1. The highest BCUT2D eigenvalue weighted by atomic mass is 79.9. The van der Waals surface area contributed by atoms with Gasteiger partial charge in [-0.1, -0.05) is 22.0 Å². The molecule has 0 saturated heterocycles. The third-order valence-corrected chi connectivity index (χ3v) is 5.06. The standard InChI is InChI=1S/C23H22BrFN2O3/c1-14-11-15(23(29)26-2)3-10-21(14)30-22-12-16(24)4-9-19(22)20(28)13-27-18-7-5-17(25)6-8-18/h3-12,20,27-28H,13H2,1-2H3,(H,26,29).